The Morgan fingerprint density at radius 3 is 2.50 bits per heavy atom. The smallest absolute Gasteiger partial charge is 0.314 e. The molecule has 0 fully saturated rings. The number of ether oxygens (including phenoxy) is 1. The molecule has 0 saturated carbocycles. The van der Waals surface area contributed by atoms with E-state index in [-0.39, 0.29) is 5.97 Å². The maximum atomic E-state index is 11.4. The quantitative estimate of drug-likeness (QED) is 0.229. The van der Waals surface area contributed by atoms with E-state index in [0.717, 1.165) is 19.3 Å². The van der Waals surface area contributed by atoms with E-state index in [9.17, 15) is 4.79 Å². The summed E-state index contributed by atoms with van der Waals surface area (Å²) in [6.07, 6.45) is 5.15. The van der Waals surface area contributed by atoms with E-state index >= 15 is 0 Å². The van der Waals surface area contributed by atoms with E-state index in [2.05, 4.69) is 19.0 Å². The van der Waals surface area contributed by atoms with Crippen molar-refractivity contribution in [3.63, 3.8) is 0 Å². The van der Waals surface area contributed by atoms with Crippen LogP contribution in [-0.4, -0.2) is 24.0 Å². The zero-order valence-corrected chi connectivity index (χ0v) is 10.5. The summed E-state index contributed by atoms with van der Waals surface area (Å²) in [5.41, 5.74) is 0. The molecule has 16 heavy (non-hydrogen) atoms. The van der Waals surface area contributed by atoms with Gasteiger partial charge in [0.2, 0.25) is 0 Å². The van der Waals surface area contributed by atoms with Crippen LogP contribution in [0.3, 0.4) is 0 Å². The molecule has 0 aliphatic carbocycles. The van der Waals surface area contributed by atoms with E-state index in [1.165, 1.54) is 6.21 Å². The Hall–Kier alpha value is -1.06. The number of rotatable bonds is 8. The third-order valence-corrected chi connectivity index (χ3v) is 2.38. The average molecular weight is 229 g/mol. The van der Waals surface area contributed by atoms with Gasteiger partial charge in [-0.1, -0.05) is 33.1 Å². The van der Waals surface area contributed by atoms with Gasteiger partial charge in [-0.2, -0.15) is 0 Å². The molecule has 1 atom stereocenters. The van der Waals surface area contributed by atoms with Gasteiger partial charge >= 0.3 is 5.97 Å². The summed E-state index contributed by atoms with van der Waals surface area (Å²) in [4.78, 5) is 11.4. The van der Waals surface area contributed by atoms with Crippen LogP contribution in [0, 0.1) is 11.8 Å². The molecule has 0 aromatic heterocycles. The summed E-state index contributed by atoms with van der Waals surface area (Å²) in [5.74, 6) is -0.0190. The van der Waals surface area contributed by atoms with Gasteiger partial charge in [-0.3, -0.25) is 4.79 Å². The van der Waals surface area contributed by atoms with Gasteiger partial charge in [-0.15, -0.1) is 5.16 Å². The highest BCUT2D eigenvalue weighted by atomic mass is 16.5. The standard InChI is InChI=1S/C12H23NO3/c1-4-16-12(14)11(9-13-15)8-6-5-7-10(2)3/h9-11,15H,4-8H2,1-3H3/b13-9-. The number of esters is 1. The fourth-order valence-electron chi connectivity index (χ4n) is 1.50. The molecule has 4 nitrogen and oxygen atoms in total. The first-order valence-corrected chi connectivity index (χ1v) is 5.96. The summed E-state index contributed by atoms with van der Waals surface area (Å²) in [7, 11) is 0. The van der Waals surface area contributed by atoms with Crippen molar-refractivity contribution in [1.29, 1.82) is 0 Å². The van der Waals surface area contributed by atoms with E-state index < -0.39 is 5.92 Å². The lowest BCUT2D eigenvalue weighted by Crippen LogP contribution is -2.19. The Kier molecular flexibility index (Phi) is 8.58. The number of carbonyl (C=O) groups is 1. The van der Waals surface area contributed by atoms with Crippen molar-refractivity contribution in [2.24, 2.45) is 17.0 Å². The first-order chi connectivity index (χ1) is 7.61. The van der Waals surface area contributed by atoms with Gasteiger partial charge in [-0.05, 0) is 19.3 Å². The van der Waals surface area contributed by atoms with Crippen LogP contribution in [0.4, 0.5) is 0 Å². The SMILES string of the molecule is CCOC(=O)C(/C=N\O)CCCCC(C)C. The van der Waals surface area contributed by atoms with E-state index in [1.54, 1.807) is 6.92 Å². The lowest BCUT2D eigenvalue weighted by molar-refractivity contribution is -0.145. The number of unbranched alkanes of at least 4 members (excludes halogenated alkanes) is 1. The van der Waals surface area contributed by atoms with Crippen molar-refractivity contribution < 1.29 is 14.7 Å². The molecule has 0 aromatic carbocycles. The van der Waals surface area contributed by atoms with Crippen molar-refractivity contribution >= 4 is 12.2 Å². The first-order valence-electron chi connectivity index (χ1n) is 5.96. The predicted octanol–water partition coefficient (Wildman–Crippen LogP) is 2.84. The highest BCUT2D eigenvalue weighted by Crippen LogP contribution is 2.13. The van der Waals surface area contributed by atoms with Crippen LogP contribution in [0.1, 0.15) is 46.5 Å². The van der Waals surface area contributed by atoms with Crippen LogP contribution in [0.15, 0.2) is 5.16 Å². The molecule has 0 aromatic rings. The van der Waals surface area contributed by atoms with Gasteiger partial charge in [-0.25, -0.2) is 0 Å². The fraction of sp³-hybridized carbons (Fsp3) is 0.833. The zero-order valence-electron chi connectivity index (χ0n) is 10.5. The molecule has 1 N–H and O–H groups in total. The predicted molar refractivity (Wildman–Crippen MR) is 63.7 cm³/mol. The van der Waals surface area contributed by atoms with Gasteiger partial charge in [0.05, 0.1) is 18.7 Å². The van der Waals surface area contributed by atoms with E-state index in [0.29, 0.717) is 18.9 Å². The van der Waals surface area contributed by atoms with Crippen molar-refractivity contribution in [1.82, 2.24) is 0 Å². The monoisotopic (exact) mass is 229 g/mol. The minimum absolute atomic E-state index is 0.301. The van der Waals surface area contributed by atoms with Crippen molar-refractivity contribution in [2.45, 2.75) is 46.5 Å². The zero-order chi connectivity index (χ0) is 12.4. The molecule has 0 saturated heterocycles. The molecule has 0 amide bonds. The molecule has 0 bridgehead atoms. The van der Waals surface area contributed by atoms with E-state index in [1.807, 2.05) is 0 Å². The third-order valence-electron chi connectivity index (χ3n) is 2.38. The van der Waals surface area contributed by atoms with Crippen molar-refractivity contribution in [3.05, 3.63) is 0 Å². The average Bonchev–Trinajstić information content (AvgIpc) is 2.22. The molecular weight excluding hydrogens is 206 g/mol. The van der Waals surface area contributed by atoms with Crippen LogP contribution < -0.4 is 0 Å². The van der Waals surface area contributed by atoms with Gasteiger partial charge < -0.3 is 9.94 Å². The molecule has 0 rings (SSSR count). The Morgan fingerprint density at radius 2 is 2.00 bits per heavy atom. The Balaban J connectivity index is 3.89. The van der Waals surface area contributed by atoms with Crippen molar-refractivity contribution in [3.8, 4) is 0 Å². The minimum atomic E-state index is -0.405. The van der Waals surface area contributed by atoms with Gasteiger partial charge in [0.25, 0.3) is 0 Å². The largest absolute Gasteiger partial charge is 0.465 e. The molecule has 4 heteroatoms. The molecule has 94 valence electrons. The second kappa shape index (κ2) is 9.19. The summed E-state index contributed by atoms with van der Waals surface area (Å²) in [6, 6.07) is 0. The Labute approximate surface area is 97.7 Å². The number of hydrogen-bond donors (Lipinski definition) is 1. The van der Waals surface area contributed by atoms with Crippen LogP contribution in [0.2, 0.25) is 0 Å². The number of nitrogens with zero attached hydrogens (tertiary/aromatic N) is 1. The minimum Gasteiger partial charge on any atom is -0.465 e. The van der Waals surface area contributed by atoms with Crippen LogP contribution in [0.25, 0.3) is 0 Å². The third kappa shape index (κ3) is 7.26. The summed E-state index contributed by atoms with van der Waals surface area (Å²) in [6.45, 7) is 6.49. The maximum Gasteiger partial charge on any atom is 0.314 e. The molecular formula is C12H23NO3. The fourth-order valence-corrected chi connectivity index (χ4v) is 1.50. The van der Waals surface area contributed by atoms with Crippen molar-refractivity contribution in [2.75, 3.05) is 6.61 Å². The topological polar surface area (TPSA) is 58.9 Å². The van der Waals surface area contributed by atoms with Crippen LogP contribution in [-0.2, 0) is 9.53 Å². The number of carbonyl (C=O) groups excluding carboxylic acids is 1. The molecule has 1 unspecified atom stereocenters. The normalized spacial score (nSPS) is 13.2. The lowest BCUT2D eigenvalue weighted by Gasteiger charge is -2.10. The Morgan fingerprint density at radius 1 is 1.38 bits per heavy atom. The summed E-state index contributed by atoms with van der Waals surface area (Å²) < 4.78 is 4.89. The highest BCUT2D eigenvalue weighted by molar-refractivity contribution is 5.89. The molecule has 0 spiro atoms. The summed E-state index contributed by atoms with van der Waals surface area (Å²) in [5, 5.41) is 11.4. The second-order valence-corrected chi connectivity index (χ2v) is 4.30. The number of hydrogen-bond acceptors (Lipinski definition) is 4. The van der Waals surface area contributed by atoms with Crippen LogP contribution in [0.5, 0.6) is 0 Å². The van der Waals surface area contributed by atoms with Gasteiger partial charge in [0, 0.05) is 0 Å². The van der Waals surface area contributed by atoms with Crippen LogP contribution >= 0.6 is 0 Å². The molecule has 0 heterocycles. The highest BCUT2D eigenvalue weighted by Gasteiger charge is 2.17. The van der Waals surface area contributed by atoms with Gasteiger partial charge in [0.15, 0.2) is 0 Å². The van der Waals surface area contributed by atoms with Gasteiger partial charge in [0.1, 0.15) is 0 Å². The maximum absolute atomic E-state index is 11.4. The van der Waals surface area contributed by atoms with E-state index in [4.69, 9.17) is 9.94 Å². The Bertz CT molecular complexity index is 214. The second-order valence-electron chi connectivity index (χ2n) is 4.30. The molecule has 0 radical (unpaired) electrons. The number of oxime groups is 1. The summed E-state index contributed by atoms with van der Waals surface area (Å²) >= 11 is 0. The molecule has 0 aliphatic rings. The molecule has 0 aliphatic heterocycles. The first kappa shape index (κ1) is 14.9. The lowest BCUT2D eigenvalue weighted by atomic mass is 9.99.